The van der Waals surface area contributed by atoms with Gasteiger partial charge in [0.15, 0.2) is 0 Å². The Balaban J connectivity index is 1.90. The van der Waals surface area contributed by atoms with Crippen molar-refractivity contribution in [2.75, 3.05) is 0 Å². The van der Waals surface area contributed by atoms with E-state index in [1.165, 1.54) is 19.3 Å². The fourth-order valence-electron chi connectivity index (χ4n) is 2.56. The maximum atomic E-state index is 12.0. The highest BCUT2D eigenvalue weighted by Gasteiger charge is 2.22. The van der Waals surface area contributed by atoms with E-state index in [0.29, 0.717) is 11.7 Å². The molecule has 1 aromatic heterocycles. The van der Waals surface area contributed by atoms with Crippen molar-refractivity contribution < 1.29 is 4.79 Å². The largest absolute Gasteiger partial charge is 0.356 e. The van der Waals surface area contributed by atoms with Crippen LogP contribution >= 0.6 is 15.9 Å². The summed E-state index contributed by atoms with van der Waals surface area (Å²) in [5.41, 5.74) is 0.635. The summed E-state index contributed by atoms with van der Waals surface area (Å²) in [5, 5.41) is 3.12. The maximum Gasteiger partial charge on any atom is 0.267 e. The van der Waals surface area contributed by atoms with Crippen molar-refractivity contribution in [1.82, 2.24) is 10.3 Å². The predicted octanol–water partition coefficient (Wildman–Crippen LogP) is 3.48. The first-order valence-electron chi connectivity index (χ1n) is 6.33. The van der Waals surface area contributed by atoms with Crippen LogP contribution in [0.4, 0.5) is 0 Å². The Morgan fingerprint density at radius 1 is 1.59 bits per heavy atom. The Morgan fingerprint density at radius 2 is 2.41 bits per heavy atom. The highest BCUT2D eigenvalue weighted by atomic mass is 79.9. The molecule has 1 heterocycles. The lowest BCUT2D eigenvalue weighted by atomic mass is 9.84. The highest BCUT2D eigenvalue weighted by Crippen LogP contribution is 2.26. The van der Waals surface area contributed by atoms with Crippen LogP contribution in [0.5, 0.6) is 0 Å². The third-order valence-electron chi connectivity index (χ3n) is 3.59. The Hall–Kier alpha value is -0.770. The molecule has 1 saturated carbocycles. The van der Waals surface area contributed by atoms with E-state index in [-0.39, 0.29) is 5.91 Å². The van der Waals surface area contributed by atoms with Crippen LogP contribution in [0.1, 0.15) is 49.5 Å². The van der Waals surface area contributed by atoms with E-state index in [9.17, 15) is 4.79 Å². The average Bonchev–Trinajstić information content (AvgIpc) is 2.76. The topological polar surface area (TPSA) is 44.9 Å². The minimum atomic E-state index is 0.0115. The number of carbonyl (C=O) groups excluding carboxylic acids is 1. The number of H-pyrrole nitrogens is 1. The van der Waals surface area contributed by atoms with Crippen LogP contribution in [0, 0.1) is 5.92 Å². The van der Waals surface area contributed by atoms with Gasteiger partial charge in [0.2, 0.25) is 0 Å². The predicted molar refractivity (Wildman–Crippen MR) is 72.0 cm³/mol. The number of aromatic nitrogens is 1. The molecule has 0 aromatic carbocycles. The molecule has 0 saturated heterocycles. The van der Waals surface area contributed by atoms with Gasteiger partial charge in [-0.05, 0) is 40.8 Å². The molecule has 0 bridgehead atoms. The van der Waals surface area contributed by atoms with Gasteiger partial charge in [-0.25, -0.2) is 0 Å². The second-order valence-corrected chi connectivity index (χ2v) is 5.76. The van der Waals surface area contributed by atoms with E-state index in [1.807, 2.05) is 6.07 Å². The number of aromatic amines is 1. The van der Waals surface area contributed by atoms with Gasteiger partial charge in [-0.1, -0.05) is 26.2 Å². The normalized spacial score (nSPS) is 24.6. The van der Waals surface area contributed by atoms with Crippen LogP contribution in [0.3, 0.4) is 0 Å². The molecular weight excluding hydrogens is 280 g/mol. The number of hydrogen-bond donors (Lipinski definition) is 2. The van der Waals surface area contributed by atoms with Crippen LogP contribution in [0.2, 0.25) is 0 Å². The zero-order valence-corrected chi connectivity index (χ0v) is 11.7. The van der Waals surface area contributed by atoms with Crippen LogP contribution < -0.4 is 5.32 Å². The van der Waals surface area contributed by atoms with Crippen molar-refractivity contribution in [3.05, 3.63) is 22.4 Å². The van der Waals surface area contributed by atoms with Crippen LogP contribution in [0.15, 0.2) is 16.7 Å². The SMILES string of the molecule is CCC1CCCC(NC(=O)c2cc(Br)c[nH]2)C1. The van der Waals surface area contributed by atoms with Gasteiger partial charge in [0.05, 0.1) is 0 Å². The molecule has 1 aromatic rings. The van der Waals surface area contributed by atoms with Crippen molar-refractivity contribution in [2.24, 2.45) is 5.92 Å². The van der Waals surface area contributed by atoms with Crippen molar-refractivity contribution in [3.63, 3.8) is 0 Å². The minimum Gasteiger partial charge on any atom is -0.356 e. The summed E-state index contributed by atoms with van der Waals surface area (Å²) in [6.45, 7) is 2.23. The highest BCUT2D eigenvalue weighted by molar-refractivity contribution is 9.10. The van der Waals surface area contributed by atoms with Gasteiger partial charge in [-0.2, -0.15) is 0 Å². The van der Waals surface area contributed by atoms with E-state index in [1.54, 1.807) is 6.20 Å². The first kappa shape index (κ1) is 12.7. The molecule has 1 aliphatic rings. The van der Waals surface area contributed by atoms with E-state index in [0.717, 1.165) is 23.2 Å². The van der Waals surface area contributed by atoms with Gasteiger partial charge in [0, 0.05) is 16.7 Å². The number of halogens is 1. The zero-order valence-electron chi connectivity index (χ0n) is 10.1. The molecule has 2 unspecified atom stereocenters. The summed E-state index contributed by atoms with van der Waals surface area (Å²) < 4.78 is 0.915. The van der Waals surface area contributed by atoms with E-state index >= 15 is 0 Å². The van der Waals surface area contributed by atoms with Crippen molar-refractivity contribution in [1.29, 1.82) is 0 Å². The summed E-state index contributed by atoms with van der Waals surface area (Å²) in [5.74, 6) is 0.793. The first-order valence-corrected chi connectivity index (χ1v) is 7.13. The number of carbonyl (C=O) groups is 1. The van der Waals surface area contributed by atoms with Gasteiger partial charge < -0.3 is 10.3 Å². The third-order valence-corrected chi connectivity index (χ3v) is 4.05. The summed E-state index contributed by atoms with van der Waals surface area (Å²) in [6, 6.07) is 2.17. The Labute approximate surface area is 110 Å². The molecule has 4 heteroatoms. The second kappa shape index (κ2) is 5.71. The number of nitrogens with one attached hydrogen (secondary N) is 2. The Kier molecular flexibility index (Phi) is 4.26. The fourth-order valence-corrected chi connectivity index (χ4v) is 2.90. The summed E-state index contributed by atoms with van der Waals surface area (Å²) in [4.78, 5) is 14.9. The lowest BCUT2D eigenvalue weighted by Crippen LogP contribution is -2.38. The summed E-state index contributed by atoms with van der Waals surface area (Å²) >= 11 is 3.34. The first-order chi connectivity index (χ1) is 8.19. The van der Waals surface area contributed by atoms with E-state index < -0.39 is 0 Å². The zero-order chi connectivity index (χ0) is 12.3. The lowest BCUT2D eigenvalue weighted by Gasteiger charge is -2.28. The van der Waals surface area contributed by atoms with Crippen molar-refractivity contribution in [3.8, 4) is 0 Å². The van der Waals surface area contributed by atoms with Crippen LogP contribution in [0.25, 0.3) is 0 Å². The summed E-state index contributed by atoms with van der Waals surface area (Å²) in [6.07, 6.45) is 7.80. The molecule has 2 N–H and O–H groups in total. The second-order valence-electron chi connectivity index (χ2n) is 4.84. The Bertz CT molecular complexity index is 389. The molecule has 17 heavy (non-hydrogen) atoms. The Morgan fingerprint density at radius 3 is 3.06 bits per heavy atom. The monoisotopic (exact) mass is 298 g/mol. The molecule has 0 aliphatic heterocycles. The standard InChI is InChI=1S/C13H19BrN2O/c1-2-9-4-3-5-11(6-9)16-13(17)12-7-10(14)8-15-12/h7-9,11,15H,2-6H2,1H3,(H,16,17). The van der Waals surface area contributed by atoms with Gasteiger partial charge in [-0.3, -0.25) is 4.79 Å². The number of rotatable bonds is 3. The molecule has 1 fully saturated rings. The molecule has 0 radical (unpaired) electrons. The molecule has 0 spiro atoms. The molecule has 2 atom stereocenters. The van der Waals surface area contributed by atoms with Gasteiger partial charge in [0.1, 0.15) is 5.69 Å². The number of hydrogen-bond acceptors (Lipinski definition) is 1. The molecule has 2 rings (SSSR count). The molecular formula is C13H19BrN2O. The molecule has 1 amide bonds. The third kappa shape index (κ3) is 3.35. The lowest BCUT2D eigenvalue weighted by molar-refractivity contribution is 0.0914. The smallest absolute Gasteiger partial charge is 0.267 e. The minimum absolute atomic E-state index is 0.0115. The van der Waals surface area contributed by atoms with Crippen molar-refractivity contribution >= 4 is 21.8 Å². The van der Waals surface area contributed by atoms with E-state index in [2.05, 4.69) is 33.2 Å². The summed E-state index contributed by atoms with van der Waals surface area (Å²) in [7, 11) is 0. The molecule has 94 valence electrons. The fraction of sp³-hybridized carbons (Fsp3) is 0.615. The maximum absolute atomic E-state index is 12.0. The van der Waals surface area contributed by atoms with Gasteiger partial charge in [0.25, 0.3) is 5.91 Å². The van der Waals surface area contributed by atoms with E-state index in [4.69, 9.17) is 0 Å². The molecule has 1 aliphatic carbocycles. The van der Waals surface area contributed by atoms with Crippen molar-refractivity contribution in [2.45, 2.75) is 45.1 Å². The van der Waals surface area contributed by atoms with Gasteiger partial charge in [-0.15, -0.1) is 0 Å². The molecule has 3 nitrogen and oxygen atoms in total. The quantitative estimate of drug-likeness (QED) is 0.882. The van der Waals surface area contributed by atoms with Crippen LogP contribution in [-0.2, 0) is 0 Å². The average molecular weight is 299 g/mol. The number of amides is 1. The van der Waals surface area contributed by atoms with Crippen LogP contribution in [-0.4, -0.2) is 16.9 Å². The van der Waals surface area contributed by atoms with Gasteiger partial charge >= 0.3 is 0 Å².